The normalized spacial score (nSPS) is 10.4. The fourth-order valence-corrected chi connectivity index (χ4v) is 1.26. The van der Waals surface area contributed by atoms with Crippen molar-refractivity contribution in [2.45, 2.75) is 6.92 Å². The average Bonchev–Trinajstić information content (AvgIpc) is 2.17. The van der Waals surface area contributed by atoms with Gasteiger partial charge in [0.1, 0.15) is 0 Å². The van der Waals surface area contributed by atoms with Gasteiger partial charge in [-0.1, -0.05) is 31.2 Å². The number of aromatic nitrogens is 2. The Bertz CT molecular complexity index is 390. The summed E-state index contributed by atoms with van der Waals surface area (Å²) in [5, 5.41) is 10.2. The van der Waals surface area contributed by atoms with Gasteiger partial charge in [0, 0.05) is 17.2 Å². The molecule has 1 aromatic heterocycles. The summed E-state index contributed by atoms with van der Waals surface area (Å²) in [4.78, 5) is 0. The van der Waals surface area contributed by atoms with Crippen LogP contribution in [0.15, 0.2) is 30.5 Å². The highest BCUT2D eigenvalue weighted by atomic mass is 15.1. The second kappa shape index (κ2) is 2.89. The molecule has 0 N–H and O–H groups in total. The molecule has 1 radical (unpaired) electrons. The van der Waals surface area contributed by atoms with Crippen molar-refractivity contribution in [3.8, 4) is 0 Å². The number of benzene rings is 1. The molecule has 1 aromatic carbocycles. The smallest absolute Gasteiger partial charge is 0.0743 e. The van der Waals surface area contributed by atoms with Gasteiger partial charge in [0.2, 0.25) is 0 Å². The van der Waals surface area contributed by atoms with Crippen molar-refractivity contribution < 1.29 is 0 Å². The summed E-state index contributed by atoms with van der Waals surface area (Å²) in [6.45, 7) is 1.97. The third kappa shape index (κ3) is 1.05. The molecule has 0 spiro atoms. The van der Waals surface area contributed by atoms with Crippen LogP contribution in [0.2, 0.25) is 0 Å². The second-order valence-electron chi connectivity index (χ2n) is 2.61. The average molecular weight is 157 g/mol. The molecule has 2 nitrogen and oxygen atoms in total. The SMILES string of the molecule is C[CH]c1nncc2ccccc12. The first-order chi connectivity index (χ1) is 5.92. The molecule has 0 aliphatic heterocycles. The number of hydrogen-bond acceptors (Lipinski definition) is 2. The van der Waals surface area contributed by atoms with E-state index in [1.165, 1.54) is 0 Å². The maximum Gasteiger partial charge on any atom is 0.0743 e. The van der Waals surface area contributed by atoms with Crippen LogP contribution in [-0.2, 0) is 0 Å². The summed E-state index contributed by atoms with van der Waals surface area (Å²) in [7, 11) is 0. The second-order valence-corrected chi connectivity index (χ2v) is 2.61. The van der Waals surface area contributed by atoms with Crippen LogP contribution in [0, 0.1) is 6.42 Å². The Labute approximate surface area is 71.3 Å². The molecule has 0 saturated carbocycles. The minimum absolute atomic E-state index is 0.952. The predicted octanol–water partition coefficient (Wildman–Crippen LogP) is 2.20. The fraction of sp³-hybridized carbons (Fsp3) is 0.100. The van der Waals surface area contributed by atoms with Crippen molar-refractivity contribution in [1.82, 2.24) is 10.2 Å². The maximum absolute atomic E-state index is 4.02. The van der Waals surface area contributed by atoms with E-state index in [4.69, 9.17) is 0 Å². The first-order valence-electron chi connectivity index (χ1n) is 3.91. The van der Waals surface area contributed by atoms with Gasteiger partial charge in [0.25, 0.3) is 0 Å². The lowest BCUT2D eigenvalue weighted by Gasteiger charge is -1.99. The van der Waals surface area contributed by atoms with Crippen molar-refractivity contribution in [1.29, 1.82) is 0 Å². The summed E-state index contributed by atoms with van der Waals surface area (Å²) in [6, 6.07) is 8.11. The van der Waals surface area contributed by atoms with Crippen LogP contribution in [0.4, 0.5) is 0 Å². The molecule has 0 fully saturated rings. The quantitative estimate of drug-likeness (QED) is 0.634. The van der Waals surface area contributed by atoms with Crippen molar-refractivity contribution >= 4 is 10.8 Å². The monoisotopic (exact) mass is 157 g/mol. The lowest BCUT2D eigenvalue weighted by Crippen LogP contribution is -1.89. The van der Waals surface area contributed by atoms with Gasteiger partial charge < -0.3 is 0 Å². The number of rotatable bonds is 1. The predicted molar refractivity (Wildman–Crippen MR) is 48.6 cm³/mol. The van der Waals surface area contributed by atoms with Gasteiger partial charge >= 0.3 is 0 Å². The molecule has 0 unspecified atom stereocenters. The van der Waals surface area contributed by atoms with Crippen molar-refractivity contribution in [3.05, 3.63) is 42.6 Å². The number of nitrogens with zero attached hydrogens (tertiary/aromatic N) is 2. The van der Waals surface area contributed by atoms with Crippen LogP contribution in [0.5, 0.6) is 0 Å². The third-order valence-electron chi connectivity index (χ3n) is 1.87. The first kappa shape index (κ1) is 7.22. The van der Waals surface area contributed by atoms with Gasteiger partial charge in [0.05, 0.1) is 11.9 Å². The van der Waals surface area contributed by atoms with Gasteiger partial charge in [-0.05, 0) is 0 Å². The van der Waals surface area contributed by atoms with E-state index >= 15 is 0 Å². The van der Waals surface area contributed by atoms with E-state index in [2.05, 4.69) is 16.3 Å². The zero-order valence-electron chi connectivity index (χ0n) is 6.86. The van der Waals surface area contributed by atoms with Gasteiger partial charge in [0.15, 0.2) is 0 Å². The van der Waals surface area contributed by atoms with Gasteiger partial charge in [-0.3, -0.25) is 0 Å². The summed E-state index contributed by atoms with van der Waals surface area (Å²) in [5.41, 5.74) is 0.952. The first-order valence-corrected chi connectivity index (χ1v) is 3.91. The molecule has 0 atom stereocenters. The molecule has 0 aliphatic rings. The van der Waals surface area contributed by atoms with Crippen LogP contribution in [0.3, 0.4) is 0 Å². The van der Waals surface area contributed by atoms with Crippen LogP contribution in [0.1, 0.15) is 12.6 Å². The highest BCUT2D eigenvalue weighted by Gasteiger charge is 1.98. The summed E-state index contributed by atoms with van der Waals surface area (Å²) < 4.78 is 0. The van der Waals surface area contributed by atoms with Gasteiger partial charge in [-0.2, -0.15) is 10.2 Å². The fourth-order valence-electron chi connectivity index (χ4n) is 1.26. The van der Waals surface area contributed by atoms with E-state index in [-0.39, 0.29) is 0 Å². The van der Waals surface area contributed by atoms with E-state index in [1.54, 1.807) is 6.20 Å². The molecule has 0 saturated heterocycles. The lowest BCUT2D eigenvalue weighted by atomic mass is 10.1. The molecule has 2 heteroatoms. The number of fused-ring (bicyclic) bond motifs is 1. The summed E-state index contributed by atoms with van der Waals surface area (Å²) in [5.74, 6) is 0. The molecule has 0 aliphatic carbocycles. The Morgan fingerprint density at radius 3 is 2.92 bits per heavy atom. The third-order valence-corrected chi connectivity index (χ3v) is 1.87. The van der Waals surface area contributed by atoms with Crippen molar-refractivity contribution in [2.75, 3.05) is 0 Å². The topological polar surface area (TPSA) is 25.8 Å². The largest absolute Gasteiger partial charge is 0.158 e. The van der Waals surface area contributed by atoms with Crippen LogP contribution >= 0.6 is 0 Å². The lowest BCUT2D eigenvalue weighted by molar-refractivity contribution is 1.01. The van der Waals surface area contributed by atoms with Gasteiger partial charge in [-0.15, -0.1) is 0 Å². The molecule has 0 amide bonds. The Hall–Kier alpha value is -1.44. The molecule has 2 aromatic rings. The maximum atomic E-state index is 4.02. The van der Waals surface area contributed by atoms with E-state index in [0.29, 0.717) is 0 Å². The molecular weight excluding hydrogens is 148 g/mol. The summed E-state index contributed by atoms with van der Waals surface area (Å²) >= 11 is 0. The van der Waals surface area contributed by atoms with Crippen molar-refractivity contribution in [2.24, 2.45) is 0 Å². The van der Waals surface area contributed by atoms with E-state index < -0.39 is 0 Å². The van der Waals surface area contributed by atoms with Crippen LogP contribution in [0.25, 0.3) is 10.8 Å². The molecule has 2 rings (SSSR count). The Morgan fingerprint density at radius 2 is 2.08 bits per heavy atom. The van der Waals surface area contributed by atoms with E-state index in [1.807, 2.05) is 31.5 Å². The molecule has 12 heavy (non-hydrogen) atoms. The Balaban J connectivity index is 2.79. The molecule has 59 valence electrons. The zero-order valence-corrected chi connectivity index (χ0v) is 6.86. The standard InChI is InChI=1S/C10H9N2/c1-2-10-9-6-4-3-5-8(9)7-11-12-10/h2-7H,1H3. The minimum Gasteiger partial charge on any atom is -0.158 e. The Kier molecular flexibility index (Phi) is 1.74. The van der Waals surface area contributed by atoms with Crippen LogP contribution < -0.4 is 0 Å². The zero-order chi connectivity index (χ0) is 8.39. The Morgan fingerprint density at radius 1 is 1.25 bits per heavy atom. The number of hydrogen-bond donors (Lipinski definition) is 0. The van der Waals surface area contributed by atoms with E-state index in [9.17, 15) is 0 Å². The van der Waals surface area contributed by atoms with Gasteiger partial charge in [-0.25, -0.2) is 0 Å². The van der Waals surface area contributed by atoms with E-state index in [0.717, 1.165) is 16.5 Å². The minimum atomic E-state index is 0.952. The van der Waals surface area contributed by atoms with Crippen LogP contribution in [-0.4, -0.2) is 10.2 Å². The molecule has 1 heterocycles. The highest BCUT2D eigenvalue weighted by molar-refractivity contribution is 5.84. The molecule has 0 bridgehead atoms. The summed E-state index contributed by atoms with van der Waals surface area (Å²) in [6.07, 6.45) is 3.75. The highest BCUT2D eigenvalue weighted by Crippen LogP contribution is 2.15. The van der Waals surface area contributed by atoms with Crippen molar-refractivity contribution in [3.63, 3.8) is 0 Å². The molecular formula is C10H9N2.